The third-order valence-corrected chi connectivity index (χ3v) is 3.47. The van der Waals surface area contributed by atoms with Gasteiger partial charge in [0.1, 0.15) is 0 Å². The molecule has 1 heterocycles. The van der Waals surface area contributed by atoms with Crippen molar-refractivity contribution in [3.63, 3.8) is 0 Å². The van der Waals surface area contributed by atoms with Crippen molar-refractivity contribution in [2.45, 2.75) is 26.0 Å². The number of ether oxygens (including phenoxy) is 1. The van der Waals surface area contributed by atoms with Crippen LogP contribution in [0.4, 0.5) is 5.69 Å². The number of benzene rings is 1. The van der Waals surface area contributed by atoms with Gasteiger partial charge in [0.25, 0.3) is 0 Å². The third kappa shape index (κ3) is 3.80. The minimum atomic E-state index is -0.677. The van der Waals surface area contributed by atoms with Crippen LogP contribution in [0.5, 0.6) is 0 Å². The molecule has 0 spiro atoms. The van der Waals surface area contributed by atoms with Crippen LogP contribution < -0.4 is 5.32 Å². The van der Waals surface area contributed by atoms with E-state index in [4.69, 9.17) is 9.84 Å². The summed E-state index contributed by atoms with van der Waals surface area (Å²) in [6.45, 7) is 4.12. The standard InChI is InChI=1S/C15H20N2O4/c1-10-3-5-12(6-4-10)16-14(19)15(20)17-7-13(8-18)21-9-11(17)2/h3-6,11,13,18H,7-9H2,1-2H3,(H,16,19). The van der Waals surface area contributed by atoms with Gasteiger partial charge in [-0.05, 0) is 26.0 Å². The fraction of sp³-hybridized carbons (Fsp3) is 0.467. The second-order valence-electron chi connectivity index (χ2n) is 5.26. The SMILES string of the molecule is Cc1ccc(NC(=O)C(=O)N2CC(CO)OCC2C)cc1. The molecule has 2 amide bonds. The van der Waals surface area contributed by atoms with E-state index < -0.39 is 17.9 Å². The number of carbonyl (C=O) groups excluding carboxylic acids is 2. The number of morpholine rings is 1. The van der Waals surface area contributed by atoms with Crippen LogP contribution in [0.2, 0.25) is 0 Å². The minimum Gasteiger partial charge on any atom is -0.394 e. The van der Waals surface area contributed by atoms with Crippen LogP contribution in [0.25, 0.3) is 0 Å². The van der Waals surface area contributed by atoms with Gasteiger partial charge in [0, 0.05) is 12.2 Å². The van der Waals surface area contributed by atoms with Crippen molar-refractivity contribution < 1.29 is 19.4 Å². The highest BCUT2D eigenvalue weighted by atomic mass is 16.5. The van der Waals surface area contributed by atoms with Crippen LogP contribution in [-0.2, 0) is 14.3 Å². The molecule has 0 radical (unpaired) electrons. The van der Waals surface area contributed by atoms with E-state index in [-0.39, 0.29) is 19.2 Å². The van der Waals surface area contributed by atoms with Gasteiger partial charge in [-0.2, -0.15) is 0 Å². The summed E-state index contributed by atoms with van der Waals surface area (Å²) in [4.78, 5) is 25.7. The molecule has 1 aliphatic rings. The van der Waals surface area contributed by atoms with Crippen LogP contribution in [0.3, 0.4) is 0 Å². The summed E-state index contributed by atoms with van der Waals surface area (Å²) >= 11 is 0. The van der Waals surface area contributed by atoms with Crippen molar-refractivity contribution in [3.05, 3.63) is 29.8 Å². The molecule has 1 aromatic carbocycles. The lowest BCUT2D eigenvalue weighted by Crippen LogP contribution is -2.54. The van der Waals surface area contributed by atoms with E-state index in [1.165, 1.54) is 4.90 Å². The van der Waals surface area contributed by atoms with E-state index in [2.05, 4.69) is 5.32 Å². The molecule has 21 heavy (non-hydrogen) atoms. The van der Waals surface area contributed by atoms with E-state index in [0.717, 1.165) is 5.56 Å². The Balaban J connectivity index is 2.00. The molecular weight excluding hydrogens is 272 g/mol. The molecule has 2 atom stereocenters. The molecule has 2 N–H and O–H groups in total. The number of hydrogen-bond donors (Lipinski definition) is 2. The molecule has 2 rings (SSSR count). The van der Waals surface area contributed by atoms with Gasteiger partial charge in [-0.25, -0.2) is 0 Å². The topological polar surface area (TPSA) is 78.9 Å². The van der Waals surface area contributed by atoms with Crippen LogP contribution in [0.15, 0.2) is 24.3 Å². The summed E-state index contributed by atoms with van der Waals surface area (Å²) in [5.41, 5.74) is 1.66. The number of aryl methyl sites for hydroxylation is 1. The molecule has 114 valence electrons. The summed E-state index contributed by atoms with van der Waals surface area (Å²) in [6, 6.07) is 7.03. The quantitative estimate of drug-likeness (QED) is 0.780. The second kappa shape index (κ2) is 6.69. The Morgan fingerprint density at radius 3 is 2.67 bits per heavy atom. The normalized spacial score (nSPS) is 22.0. The third-order valence-electron chi connectivity index (χ3n) is 3.47. The first kappa shape index (κ1) is 15.5. The number of carbonyl (C=O) groups is 2. The Labute approximate surface area is 123 Å². The van der Waals surface area contributed by atoms with Crippen LogP contribution in [0.1, 0.15) is 12.5 Å². The predicted molar refractivity (Wildman–Crippen MR) is 77.8 cm³/mol. The van der Waals surface area contributed by atoms with Gasteiger partial charge >= 0.3 is 11.8 Å². The number of rotatable bonds is 2. The van der Waals surface area contributed by atoms with Gasteiger partial charge in [-0.1, -0.05) is 17.7 Å². The molecule has 1 aromatic rings. The highest BCUT2D eigenvalue weighted by Gasteiger charge is 2.32. The second-order valence-corrected chi connectivity index (χ2v) is 5.26. The number of nitrogens with one attached hydrogen (secondary N) is 1. The molecule has 1 fully saturated rings. The molecule has 1 aliphatic heterocycles. The van der Waals surface area contributed by atoms with E-state index in [9.17, 15) is 9.59 Å². The smallest absolute Gasteiger partial charge is 0.313 e. The molecule has 2 unspecified atom stereocenters. The summed E-state index contributed by atoms with van der Waals surface area (Å²) in [5, 5.41) is 11.7. The first-order valence-electron chi connectivity index (χ1n) is 6.92. The van der Waals surface area contributed by atoms with Gasteiger partial charge in [-0.15, -0.1) is 0 Å². The monoisotopic (exact) mass is 292 g/mol. The summed E-state index contributed by atoms with van der Waals surface area (Å²) in [5.74, 6) is -1.28. The predicted octanol–water partition coefficient (Wildman–Crippen LogP) is 0.542. The first-order chi connectivity index (χ1) is 10.0. The van der Waals surface area contributed by atoms with Crippen LogP contribution in [-0.4, -0.2) is 53.7 Å². The Bertz CT molecular complexity index is 515. The number of aliphatic hydroxyl groups excluding tert-OH is 1. The van der Waals surface area contributed by atoms with Crippen LogP contribution >= 0.6 is 0 Å². The number of amides is 2. The first-order valence-corrected chi connectivity index (χ1v) is 6.92. The zero-order chi connectivity index (χ0) is 15.4. The fourth-order valence-electron chi connectivity index (χ4n) is 2.16. The van der Waals surface area contributed by atoms with Crippen molar-refractivity contribution in [3.8, 4) is 0 Å². The highest BCUT2D eigenvalue weighted by molar-refractivity contribution is 6.39. The Kier molecular flexibility index (Phi) is 4.93. The van der Waals surface area contributed by atoms with E-state index >= 15 is 0 Å². The van der Waals surface area contributed by atoms with Crippen LogP contribution in [0, 0.1) is 6.92 Å². The fourth-order valence-corrected chi connectivity index (χ4v) is 2.16. The highest BCUT2D eigenvalue weighted by Crippen LogP contribution is 2.13. The van der Waals surface area contributed by atoms with Gasteiger partial charge in [0.2, 0.25) is 0 Å². The average molecular weight is 292 g/mol. The zero-order valence-corrected chi connectivity index (χ0v) is 12.2. The van der Waals surface area contributed by atoms with E-state index in [1.807, 2.05) is 26.0 Å². The molecule has 1 saturated heterocycles. The lowest BCUT2D eigenvalue weighted by Gasteiger charge is -2.36. The van der Waals surface area contributed by atoms with E-state index in [1.54, 1.807) is 12.1 Å². The molecule has 6 nitrogen and oxygen atoms in total. The average Bonchev–Trinajstić information content (AvgIpc) is 2.49. The Hall–Kier alpha value is -1.92. The summed E-state index contributed by atoms with van der Waals surface area (Å²) < 4.78 is 5.36. The maximum atomic E-state index is 12.2. The van der Waals surface area contributed by atoms with Gasteiger partial charge < -0.3 is 20.1 Å². The zero-order valence-electron chi connectivity index (χ0n) is 12.2. The summed E-state index contributed by atoms with van der Waals surface area (Å²) in [7, 11) is 0. The largest absolute Gasteiger partial charge is 0.394 e. The van der Waals surface area contributed by atoms with Crippen molar-refractivity contribution in [2.75, 3.05) is 25.1 Å². The Morgan fingerprint density at radius 2 is 2.05 bits per heavy atom. The Morgan fingerprint density at radius 1 is 1.38 bits per heavy atom. The molecule has 0 saturated carbocycles. The van der Waals surface area contributed by atoms with Gasteiger partial charge in [0.05, 0.1) is 25.4 Å². The molecule has 6 heteroatoms. The number of aliphatic hydroxyl groups is 1. The molecular formula is C15H20N2O4. The van der Waals surface area contributed by atoms with Crippen molar-refractivity contribution in [1.82, 2.24) is 4.90 Å². The lowest BCUT2D eigenvalue weighted by atomic mass is 10.2. The lowest BCUT2D eigenvalue weighted by molar-refractivity contribution is -0.153. The van der Waals surface area contributed by atoms with Crippen molar-refractivity contribution in [2.24, 2.45) is 0 Å². The van der Waals surface area contributed by atoms with E-state index in [0.29, 0.717) is 12.3 Å². The van der Waals surface area contributed by atoms with Crippen molar-refractivity contribution in [1.29, 1.82) is 0 Å². The molecule has 0 bridgehead atoms. The minimum absolute atomic E-state index is 0.171. The molecule has 0 aromatic heterocycles. The summed E-state index contributed by atoms with van der Waals surface area (Å²) in [6.07, 6.45) is -0.433. The maximum Gasteiger partial charge on any atom is 0.313 e. The number of nitrogens with zero attached hydrogens (tertiary/aromatic N) is 1. The van der Waals surface area contributed by atoms with Gasteiger partial charge in [-0.3, -0.25) is 9.59 Å². The van der Waals surface area contributed by atoms with Gasteiger partial charge in [0.15, 0.2) is 0 Å². The maximum absolute atomic E-state index is 12.2. The number of hydrogen-bond acceptors (Lipinski definition) is 4. The van der Waals surface area contributed by atoms with Crippen molar-refractivity contribution >= 4 is 17.5 Å². The number of anilines is 1. The molecule has 0 aliphatic carbocycles.